The summed E-state index contributed by atoms with van der Waals surface area (Å²) < 4.78 is 0. The number of hydrogen-bond donors (Lipinski definition) is 2. The summed E-state index contributed by atoms with van der Waals surface area (Å²) in [6.07, 6.45) is 3.13. The van der Waals surface area contributed by atoms with Gasteiger partial charge in [-0.25, -0.2) is 4.79 Å². The van der Waals surface area contributed by atoms with Crippen molar-refractivity contribution in [1.82, 2.24) is 15.2 Å². The van der Waals surface area contributed by atoms with Crippen LogP contribution in [-0.2, 0) is 0 Å². The fourth-order valence-electron chi connectivity index (χ4n) is 1.53. The first-order valence-corrected chi connectivity index (χ1v) is 5.51. The zero-order chi connectivity index (χ0) is 11.4. The SMILES string of the molecule is Cl.O=C(Nc1cnccc1Cl)N1CCNCC1. The summed E-state index contributed by atoms with van der Waals surface area (Å²) in [4.78, 5) is 17.5. The molecule has 1 aliphatic rings. The van der Waals surface area contributed by atoms with Gasteiger partial charge in [-0.1, -0.05) is 11.6 Å². The van der Waals surface area contributed by atoms with Crippen LogP contribution in [0.2, 0.25) is 5.02 Å². The number of pyridine rings is 1. The standard InChI is InChI=1S/C10H13ClN4O.ClH/c11-8-1-2-13-7-9(8)14-10(16)15-5-3-12-4-6-15;/h1-2,7,12H,3-6H2,(H,14,16);1H. The van der Waals surface area contributed by atoms with E-state index in [1.807, 2.05) is 0 Å². The van der Waals surface area contributed by atoms with E-state index < -0.39 is 0 Å². The quantitative estimate of drug-likeness (QED) is 0.819. The summed E-state index contributed by atoms with van der Waals surface area (Å²) in [5, 5.41) is 6.43. The van der Waals surface area contributed by atoms with E-state index in [2.05, 4.69) is 15.6 Å². The van der Waals surface area contributed by atoms with Gasteiger partial charge in [-0.15, -0.1) is 12.4 Å². The third-order valence-corrected chi connectivity index (χ3v) is 2.74. The summed E-state index contributed by atoms with van der Waals surface area (Å²) in [5.41, 5.74) is 0.549. The van der Waals surface area contributed by atoms with Crippen LogP contribution < -0.4 is 10.6 Å². The molecule has 5 nitrogen and oxygen atoms in total. The number of amides is 2. The minimum Gasteiger partial charge on any atom is -0.322 e. The van der Waals surface area contributed by atoms with Gasteiger partial charge in [-0.2, -0.15) is 0 Å². The van der Waals surface area contributed by atoms with Crippen molar-refractivity contribution in [2.45, 2.75) is 0 Å². The lowest BCUT2D eigenvalue weighted by molar-refractivity contribution is 0.204. The highest BCUT2D eigenvalue weighted by Crippen LogP contribution is 2.19. The second-order valence-corrected chi connectivity index (χ2v) is 3.93. The number of carbonyl (C=O) groups is 1. The Bertz CT molecular complexity index is 382. The van der Waals surface area contributed by atoms with Crippen molar-refractivity contribution >= 4 is 35.7 Å². The van der Waals surface area contributed by atoms with Gasteiger partial charge in [0.25, 0.3) is 0 Å². The number of aromatic nitrogens is 1. The number of rotatable bonds is 1. The van der Waals surface area contributed by atoms with Gasteiger partial charge in [-0.05, 0) is 6.07 Å². The lowest BCUT2D eigenvalue weighted by Gasteiger charge is -2.27. The zero-order valence-electron chi connectivity index (χ0n) is 9.15. The molecule has 0 atom stereocenters. The number of anilines is 1. The minimum absolute atomic E-state index is 0. The monoisotopic (exact) mass is 276 g/mol. The molecule has 0 unspecified atom stereocenters. The Morgan fingerprint density at radius 1 is 1.47 bits per heavy atom. The van der Waals surface area contributed by atoms with Crippen molar-refractivity contribution in [2.24, 2.45) is 0 Å². The predicted molar refractivity (Wildman–Crippen MR) is 70.0 cm³/mol. The van der Waals surface area contributed by atoms with Gasteiger partial charge in [-0.3, -0.25) is 4.98 Å². The van der Waals surface area contributed by atoms with E-state index in [0.717, 1.165) is 13.1 Å². The molecule has 0 radical (unpaired) electrons. The van der Waals surface area contributed by atoms with Crippen LogP contribution >= 0.6 is 24.0 Å². The Hall–Kier alpha value is -1.04. The number of nitrogens with zero attached hydrogens (tertiary/aromatic N) is 2. The molecule has 1 aromatic rings. The molecule has 2 amide bonds. The van der Waals surface area contributed by atoms with Crippen LogP contribution in [0.4, 0.5) is 10.5 Å². The second-order valence-electron chi connectivity index (χ2n) is 3.52. The van der Waals surface area contributed by atoms with Crippen LogP contribution in [0.3, 0.4) is 0 Å². The minimum atomic E-state index is -0.128. The van der Waals surface area contributed by atoms with Crippen molar-refractivity contribution < 1.29 is 4.79 Å². The van der Waals surface area contributed by atoms with Crippen molar-refractivity contribution in [3.8, 4) is 0 Å². The van der Waals surface area contributed by atoms with E-state index in [1.54, 1.807) is 23.4 Å². The number of piperazine rings is 1. The van der Waals surface area contributed by atoms with E-state index in [0.29, 0.717) is 23.8 Å². The van der Waals surface area contributed by atoms with Gasteiger partial charge in [0.2, 0.25) is 0 Å². The molecule has 17 heavy (non-hydrogen) atoms. The van der Waals surface area contributed by atoms with Crippen molar-refractivity contribution in [1.29, 1.82) is 0 Å². The summed E-state index contributed by atoms with van der Waals surface area (Å²) in [6.45, 7) is 3.08. The molecule has 1 aliphatic heterocycles. The normalized spacial score (nSPS) is 15.0. The Labute approximate surface area is 111 Å². The van der Waals surface area contributed by atoms with E-state index in [1.165, 1.54) is 0 Å². The van der Waals surface area contributed by atoms with Crippen LogP contribution in [0.1, 0.15) is 0 Å². The maximum Gasteiger partial charge on any atom is 0.322 e. The maximum atomic E-state index is 11.8. The van der Waals surface area contributed by atoms with Crippen LogP contribution in [0.25, 0.3) is 0 Å². The molecule has 0 spiro atoms. The Morgan fingerprint density at radius 3 is 2.82 bits per heavy atom. The third-order valence-electron chi connectivity index (χ3n) is 2.41. The summed E-state index contributed by atoms with van der Waals surface area (Å²) >= 11 is 5.92. The van der Waals surface area contributed by atoms with Gasteiger partial charge in [0.1, 0.15) is 0 Å². The zero-order valence-corrected chi connectivity index (χ0v) is 10.7. The van der Waals surface area contributed by atoms with Crippen LogP contribution in [-0.4, -0.2) is 42.1 Å². The molecule has 1 aromatic heterocycles. The van der Waals surface area contributed by atoms with Gasteiger partial charge in [0.05, 0.1) is 16.9 Å². The Balaban J connectivity index is 0.00000144. The van der Waals surface area contributed by atoms with Gasteiger partial charge in [0, 0.05) is 32.4 Å². The Morgan fingerprint density at radius 2 is 2.18 bits per heavy atom. The number of nitrogens with one attached hydrogen (secondary N) is 2. The van der Waals surface area contributed by atoms with Gasteiger partial charge >= 0.3 is 6.03 Å². The number of hydrogen-bond acceptors (Lipinski definition) is 3. The molecule has 0 aromatic carbocycles. The molecular formula is C10H14Cl2N4O. The molecule has 2 heterocycles. The largest absolute Gasteiger partial charge is 0.322 e. The Kier molecular flexibility index (Phi) is 5.47. The molecule has 0 saturated carbocycles. The first-order chi connectivity index (χ1) is 7.77. The molecular weight excluding hydrogens is 263 g/mol. The van der Waals surface area contributed by atoms with E-state index >= 15 is 0 Å². The highest BCUT2D eigenvalue weighted by molar-refractivity contribution is 6.33. The number of carbonyl (C=O) groups excluding carboxylic acids is 1. The predicted octanol–water partition coefficient (Wildman–Crippen LogP) is 1.59. The maximum absolute atomic E-state index is 11.8. The van der Waals surface area contributed by atoms with Crippen molar-refractivity contribution in [2.75, 3.05) is 31.5 Å². The van der Waals surface area contributed by atoms with Gasteiger partial charge in [0.15, 0.2) is 0 Å². The smallest absolute Gasteiger partial charge is 0.322 e. The van der Waals surface area contributed by atoms with E-state index in [-0.39, 0.29) is 18.4 Å². The lowest BCUT2D eigenvalue weighted by atomic mass is 10.4. The molecule has 7 heteroatoms. The average molecular weight is 277 g/mol. The molecule has 0 bridgehead atoms. The topological polar surface area (TPSA) is 57.3 Å². The first-order valence-electron chi connectivity index (χ1n) is 5.13. The molecule has 0 aliphatic carbocycles. The van der Waals surface area contributed by atoms with Gasteiger partial charge < -0.3 is 15.5 Å². The van der Waals surface area contributed by atoms with Crippen LogP contribution in [0.15, 0.2) is 18.5 Å². The fraction of sp³-hybridized carbons (Fsp3) is 0.400. The molecule has 94 valence electrons. The highest BCUT2D eigenvalue weighted by Gasteiger charge is 2.16. The third kappa shape index (κ3) is 3.73. The molecule has 1 saturated heterocycles. The van der Waals surface area contributed by atoms with E-state index in [9.17, 15) is 4.79 Å². The fourth-order valence-corrected chi connectivity index (χ4v) is 1.68. The van der Waals surface area contributed by atoms with Crippen LogP contribution in [0, 0.1) is 0 Å². The van der Waals surface area contributed by atoms with Crippen molar-refractivity contribution in [3.63, 3.8) is 0 Å². The van der Waals surface area contributed by atoms with Crippen LogP contribution in [0.5, 0.6) is 0 Å². The lowest BCUT2D eigenvalue weighted by Crippen LogP contribution is -2.48. The molecule has 1 fully saturated rings. The average Bonchev–Trinajstić information content (AvgIpc) is 2.33. The first kappa shape index (κ1) is 14.0. The molecule has 2 rings (SSSR count). The highest BCUT2D eigenvalue weighted by atomic mass is 35.5. The molecule has 2 N–H and O–H groups in total. The summed E-state index contributed by atoms with van der Waals surface area (Å²) in [5.74, 6) is 0. The number of urea groups is 1. The summed E-state index contributed by atoms with van der Waals surface area (Å²) in [6, 6.07) is 1.52. The van der Waals surface area contributed by atoms with E-state index in [4.69, 9.17) is 11.6 Å². The summed E-state index contributed by atoms with van der Waals surface area (Å²) in [7, 11) is 0. The second kappa shape index (κ2) is 6.64. The number of halogens is 2. The van der Waals surface area contributed by atoms with Crippen molar-refractivity contribution in [3.05, 3.63) is 23.5 Å².